The monoisotopic (exact) mass is 460 g/mol. The van der Waals surface area contributed by atoms with Gasteiger partial charge >= 0.3 is 6.18 Å². The fourth-order valence-electron chi connectivity index (χ4n) is 1.53. The van der Waals surface area contributed by atoms with Crippen molar-refractivity contribution in [3.63, 3.8) is 0 Å². The Kier molecular flexibility index (Phi) is 9.93. The maximum Gasteiger partial charge on any atom is 0.433 e. The molecule has 1 rings (SSSR count). The minimum absolute atomic E-state index is 0. The average molecular weight is 460 g/mol. The van der Waals surface area contributed by atoms with E-state index >= 15 is 0 Å². The first kappa shape index (κ1) is 22.7. The van der Waals surface area contributed by atoms with Gasteiger partial charge in [0, 0.05) is 32.4 Å². The predicted molar refractivity (Wildman–Crippen MR) is 99.7 cm³/mol. The molecule has 0 fully saturated rings. The van der Waals surface area contributed by atoms with Crippen molar-refractivity contribution >= 4 is 35.9 Å². The minimum Gasteiger partial charge on any atom is -0.355 e. The molecule has 3 N–H and O–H groups in total. The van der Waals surface area contributed by atoms with Crippen molar-refractivity contribution in [2.45, 2.75) is 33.0 Å². The van der Waals surface area contributed by atoms with Crippen molar-refractivity contribution in [3.05, 3.63) is 18.0 Å². The quantitative estimate of drug-likeness (QED) is 0.264. The molecule has 0 aromatic carbocycles. The molecular weight excluding hydrogens is 436 g/mol. The van der Waals surface area contributed by atoms with E-state index in [0.29, 0.717) is 25.0 Å². The molecule has 0 spiro atoms. The van der Waals surface area contributed by atoms with Gasteiger partial charge in [0.2, 0.25) is 5.95 Å². The number of hydrogen-bond donors (Lipinski definition) is 3. The summed E-state index contributed by atoms with van der Waals surface area (Å²) in [6.07, 6.45) is -3.40. The zero-order valence-corrected chi connectivity index (χ0v) is 16.4. The van der Waals surface area contributed by atoms with E-state index in [0.717, 1.165) is 12.3 Å². The van der Waals surface area contributed by atoms with E-state index < -0.39 is 11.9 Å². The number of aliphatic imine (C=N–C) groups is 1. The van der Waals surface area contributed by atoms with Crippen molar-refractivity contribution < 1.29 is 13.2 Å². The Labute approximate surface area is 157 Å². The van der Waals surface area contributed by atoms with Crippen molar-refractivity contribution in [1.82, 2.24) is 20.6 Å². The van der Waals surface area contributed by atoms with E-state index in [1.807, 2.05) is 6.92 Å². The molecular formula is C14H24F3IN6. The Morgan fingerprint density at radius 1 is 1.25 bits per heavy atom. The second-order valence-electron chi connectivity index (χ2n) is 5.37. The number of rotatable bonds is 6. The summed E-state index contributed by atoms with van der Waals surface area (Å²) < 4.78 is 37.6. The highest BCUT2D eigenvalue weighted by atomic mass is 127. The number of alkyl halides is 3. The zero-order chi connectivity index (χ0) is 17.5. The van der Waals surface area contributed by atoms with Gasteiger partial charge in [-0.1, -0.05) is 13.8 Å². The first-order chi connectivity index (χ1) is 10.7. The molecule has 0 aliphatic carbocycles. The van der Waals surface area contributed by atoms with Crippen molar-refractivity contribution in [2.75, 3.05) is 25.5 Å². The van der Waals surface area contributed by atoms with Crippen molar-refractivity contribution in [3.8, 4) is 0 Å². The van der Waals surface area contributed by atoms with E-state index in [9.17, 15) is 13.2 Å². The normalized spacial score (nSPS) is 13.2. The standard InChI is InChI=1S/C14H23F3N6.HI/c1-9(2)10(3)22-12(18-4)20-7-8-21-13-19-6-5-11(23-13)14(15,16)17;/h5-6,9-10H,7-8H2,1-4H3,(H2,18,20,22)(H,19,21,23);1H. The number of aromatic nitrogens is 2. The third-order valence-corrected chi connectivity index (χ3v) is 3.23. The Hall–Kier alpha value is -1.33. The van der Waals surface area contributed by atoms with Crippen LogP contribution in [0.25, 0.3) is 0 Å². The second kappa shape index (κ2) is 10.5. The molecule has 0 aliphatic heterocycles. The van der Waals surface area contributed by atoms with Crippen LogP contribution in [0.3, 0.4) is 0 Å². The van der Waals surface area contributed by atoms with Gasteiger partial charge in [0.1, 0.15) is 5.69 Å². The first-order valence-electron chi connectivity index (χ1n) is 7.35. The Bertz CT molecular complexity index is 521. The van der Waals surface area contributed by atoms with E-state index in [1.54, 1.807) is 7.05 Å². The van der Waals surface area contributed by atoms with Gasteiger partial charge in [-0.05, 0) is 18.9 Å². The largest absolute Gasteiger partial charge is 0.433 e. The van der Waals surface area contributed by atoms with E-state index in [2.05, 4.69) is 44.8 Å². The maximum absolute atomic E-state index is 12.5. The number of halogens is 4. The first-order valence-corrected chi connectivity index (χ1v) is 7.35. The van der Waals surface area contributed by atoms with Crippen LogP contribution in [0.4, 0.5) is 19.1 Å². The highest BCUT2D eigenvalue weighted by Gasteiger charge is 2.32. The van der Waals surface area contributed by atoms with E-state index in [4.69, 9.17) is 0 Å². The van der Waals surface area contributed by atoms with Crippen LogP contribution < -0.4 is 16.0 Å². The van der Waals surface area contributed by atoms with Crippen LogP contribution in [0.2, 0.25) is 0 Å². The van der Waals surface area contributed by atoms with Gasteiger partial charge in [0.05, 0.1) is 0 Å². The van der Waals surface area contributed by atoms with Crippen LogP contribution in [-0.4, -0.2) is 42.1 Å². The Balaban J connectivity index is 0.00000529. The minimum atomic E-state index is -4.48. The lowest BCUT2D eigenvalue weighted by Gasteiger charge is -2.20. The van der Waals surface area contributed by atoms with Crippen molar-refractivity contribution in [2.24, 2.45) is 10.9 Å². The van der Waals surface area contributed by atoms with Crippen LogP contribution in [0.5, 0.6) is 0 Å². The lowest BCUT2D eigenvalue weighted by Crippen LogP contribution is -2.45. The zero-order valence-electron chi connectivity index (χ0n) is 14.1. The molecule has 0 amide bonds. The average Bonchev–Trinajstić information content (AvgIpc) is 2.49. The number of nitrogens with zero attached hydrogens (tertiary/aromatic N) is 3. The smallest absolute Gasteiger partial charge is 0.355 e. The summed E-state index contributed by atoms with van der Waals surface area (Å²) in [5.41, 5.74) is -0.966. The molecule has 24 heavy (non-hydrogen) atoms. The molecule has 1 aromatic heterocycles. The van der Waals surface area contributed by atoms with Crippen LogP contribution >= 0.6 is 24.0 Å². The van der Waals surface area contributed by atoms with Gasteiger partial charge < -0.3 is 16.0 Å². The van der Waals surface area contributed by atoms with Crippen LogP contribution in [-0.2, 0) is 6.18 Å². The molecule has 0 radical (unpaired) electrons. The van der Waals surface area contributed by atoms with Gasteiger partial charge in [0.15, 0.2) is 5.96 Å². The predicted octanol–water partition coefficient (Wildman–Crippen LogP) is 2.73. The topological polar surface area (TPSA) is 74.2 Å². The highest BCUT2D eigenvalue weighted by molar-refractivity contribution is 14.0. The van der Waals surface area contributed by atoms with Gasteiger partial charge in [0.25, 0.3) is 0 Å². The van der Waals surface area contributed by atoms with Gasteiger partial charge in [-0.15, -0.1) is 24.0 Å². The number of hydrogen-bond acceptors (Lipinski definition) is 4. The third kappa shape index (κ3) is 7.97. The Morgan fingerprint density at radius 2 is 1.92 bits per heavy atom. The number of nitrogens with one attached hydrogen (secondary N) is 3. The summed E-state index contributed by atoms with van der Waals surface area (Å²) in [4.78, 5) is 11.3. The molecule has 1 unspecified atom stereocenters. The highest BCUT2D eigenvalue weighted by Crippen LogP contribution is 2.27. The summed E-state index contributed by atoms with van der Waals surface area (Å²) >= 11 is 0. The summed E-state index contributed by atoms with van der Waals surface area (Å²) in [6, 6.07) is 1.09. The lowest BCUT2D eigenvalue weighted by molar-refractivity contribution is -0.141. The van der Waals surface area contributed by atoms with Gasteiger partial charge in [-0.3, -0.25) is 4.99 Å². The lowest BCUT2D eigenvalue weighted by atomic mass is 10.1. The molecule has 138 valence electrons. The molecule has 1 heterocycles. The molecule has 1 atom stereocenters. The SMILES string of the molecule is CN=C(NCCNc1nccc(C(F)(F)F)n1)NC(C)C(C)C.I. The van der Waals surface area contributed by atoms with Crippen LogP contribution in [0, 0.1) is 5.92 Å². The second-order valence-corrected chi connectivity index (χ2v) is 5.37. The Morgan fingerprint density at radius 3 is 2.46 bits per heavy atom. The molecule has 6 nitrogen and oxygen atoms in total. The molecule has 0 aliphatic rings. The third-order valence-electron chi connectivity index (χ3n) is 3.23. The summed E-state index contributed by atoms with van der Waals surface area (Å²) in [6.45, 7) is 7.06. The van der Waals surface area contributed by atoms with Gasteiger partial charge in [-0.2, -0.15) is 13.2 Å². The summed E-state index contributed by atoms with van der Waals surface area (Å²) in [7, 11) is 1.66. The van der Waals surface area contributed by atoms with Crippen LogP contribution in [0.15, 0.2) is 17.3 Å². The molecule has 0 saturated heterocycles. The number of guanidine groups is 1. The molecule has 0 bridgehead atoms. The summed E-state index contributed by atoms with van der Waals surface area (Å²) in [5, 5.41) is 9.04. The van der Waals surface area contributed by atoms with Gasteiger partial charge in [-0.25, -0.2) is 9.97 Å². The fourth-order valence-corrected chi connectivity index (χ4v) is 1.53. The number of anilines is 1. The molecule has 0 saturated carbocycles. The van der Waals surface area contributed by atoms with Crippen molar-refractivity contribution in [1.29, 1.82) is 0 Å². The fraction of sp³-hybridized carbons (Fsp3) is 0.643. The maximum atomic E-state index is 12.5. The molecule has 1 aromatic rings. The molecule has 10 heteroatoms. The van der Waals surface area contributed by atoms with Crippen LogP contribution in [0.1, 0.15) is 26.5 Å². The summed E-state index contributed by atoms with van der Waals surface area (Å²) in [5.74, 6) is 1.03. The van der Waals surface area contributed by atoms with E-state index in [-0.39, 0.29) is 36.0 Å². The van der Waals surface area contributed by atoms with E-state index in [1.165, 1.54) is 0 Å².